The molecule has 96 valence electrons. The number of rotatable bonds is 5. The highest BCUT2D eigenvalue weighted by molar-refractivity contribution is 5.81. The Morgan fingerprint density at radius 3 is 2.89 bits per heavy atom. The van der Waals surface area contributed by atoms with Crippen molar-refractivity contribution in [2.45, 2.75) is 20.4 Å². The summed E-state index contributed by atoms with van der Waals surface area (Å²) in [6, 6.07) is 5.55. The number of nitrogens with one attached hydrogen (secondary N) is 1. The molecule has 0 fully saturated rings. The summed E-state index contributed by atoms with van der Waals surface area (Å²) in [7, 11) is 1.54. The Morgan fingerprint density at radius 1 is 1.61 bits per heavy atom. The lowest BCUT2D eigenvalue weighted by molar-refractivity contribution is -0.124. The van der Waals surface area contributed by atoms with E-state index in [9.17, 15) is 4.79 Å². The molecule has 0 spiro atoms. The quantitative estimate of drug-likeness (QED) is 0.855. The lowest BCUT2D eigenvalue weighted by atomic mass is 9.96. The van der Waals surface area contributed by atoms with Crippen LogP contribution in [0.2, 0.25) is 0 Å². The fraction of sp³-hybridized carbons (Fsp3) is 0.462. The summed E-state index contributed by atoms with van der Waals surface area (Å²) < 4.78 is 4.99. The van der Waals surface area contributed by atoms with Crippen LogP contribution in [0.15, 0.2) is 18.3 Å². The van der Waals surface area contributed by atoms with Crippen molar-refractivity contribution in [1.29, 1.82) is 5.26 Å². The van der Waals surface area contributed by atoms with Crippen molar-refractivity contribution in [2.75, 3.05) is 7.11 Å². The predicted molar refractivity (Wildman–Crippen MR) is 66.6 cm³/mol. The number of amides is 1. The van der Waals surface area contributed by atoms with Gasteiger partial charge in [0.1, 0.15) is 5.92 Å². The third-order valence-electron chi connectivity index (χ3n) is 2.56. The van der Waals surface area contributed by atoms with Crippen molar-refractivity contribution in [1.82, 2.24) is 10.3 Å². The lowest BCUT2D eigenvalue weighted by Crippen LogP contribution is -2.32. The van der Waals surface area contributed by atoms with Crippen LogP contribution in [-0.4, -0.2) is 18.0 Å². The summed E-state index contributed by atoms with van der Waals surface area (Å²) in [5.74, 6) is -0.360. The van der Waals surface area contributed by atoms with Gasteiger partial charge in [-0.15, -0.1) is 0 Å². The number of pyridine rings is 1. The fourth-order valence-corrected chi connectivity index (χ4v) is 1.48. The molecule has 0 aliphatic rings. The van der Waals surface area contributed by atoms with E-state index in [1.54, 1.807) is 18.3 Å². The van der Waals surface area contributed by atoms with Gasteiger partial charge in [-0.2, -0.15) is 5.26 Å². The number of nitrogens with zero attached hydrogens (tertiary/aromatic N) is 2. The second-order valence-corrected chi connectivity index (χ2v) is 4.28. The molecular formula is C13H17N3O2. The van der Waals surface area contributed by atoms with Gasteiger partial charge in [-0.1, -0.05) is 13.8 Å². The highest BCUT2D eigenvalue weighted by atomic mass is 16.5. The van der Waals surface area contributed by atoms with Gasteiger partial charge < -0.3 is 10.1 Å². The summed E-state index contributed by atoms with van der Waals surface area (Å²) in [6.45, 7) is 4.06. The number of nitriles is 1. The van der Waals surface area contributed by atoms with Crippen LogP contribution in [0.25, 0.3) is 0 Å². The number of aromatic nitrogens is 1. The fourth-order valence-electron chi connectivity index (χ4n) is 1.48. The molecule has 1 atom stereocenters. The molecule has 0 aromatic carbocycles. The third kappa shape index (κ3) is 3.74. The van der Waals surface area contributed by atoms with Gasteiger partial charge in [0.05, 0.1) is 13.2 Å². The van der Waals surface area contributed by atoms with Gasteiger partial charge in [0.2, 0.25) is 11.8 Å². The molecule has 1 N–H and O–H groups in total. The highest BCUT2D eigenvalue weighted by Crippen LogP contribution is 2.11. The van der Waals surface area contributed by atoms with Crippen molar-refractivity contribution >= 4 is 5.91 Å². The zero-order chi connectivity index (χ0) is 13.5. The number of hydrogen-bond acceptors (Lipinski definition) is 4. The minimum Gasteiger partial charge on any atom is -0.481 e. The molecule has 1 rings (SSSR count). The van der Waals surface area contributed by atoms with Crippen LogP contribution in [-0.2, 0) is 11.3 Å². The first-order valence-electron chi connectivity index (χ1n) is 5.74. The first-order valence-corrected chi connectivity index (χ1v) is 5.74. The molecule has 1 amide bonds. The molecule has 1 unspecified atom stereocenters. The van der Waals surface area contributed by atoms with E-state index in [4.69, 9.17) is 10.00 Å². The number of carbonyl (C=O) groups is 1. The average Bonchev–Trinajstić information content (AvgIpc) is 2.37. The molecule has 1 heterocycles. The van der Waals surface area contributed by atoms with E-state index < -0.39 is 5.92 Å². The normalized spacial score (nSPS) is 11.7. The van der Waals surface area contributed by atoms with Crippen LogP contribution in [0, 0.1) is 23.2 Å². The predicted octanol–water partition coefficient (Wildman–Crippen LogP) is 1.50. The minimum atomic E-state index is -0.617. The Kier molecular flexibility index (Phi) is 5.12. The van der Waals surface area contributed by atoms with E-state index >= 15 is 0 Å². The molecule has 1 aromatic heterocycles. The van der Waals surface area contributed by atoms with Gasteiger partial charge in [-0.3, -0.25) is 4.79 Å². The summed E-state index contributed by atoms with van der Waals surface area (Å²) in [5.41, 5.74) is 0.885. The second-order valence-electron chi connectivity index (χ2n) is 4.28. The van der Waals surface area contributed by atoms with Gasteiger partial charge in [0.15, 0.2) is 0 Å². The zero-order valence-corrected chi connectivity index (χ0v) is 10.8. The van der Waals surface area contributed by atoms with E-state index in [0.29, 0.717) is 12.4 Å². The van der Waals surface area contributed by atoms with E-state index in [0.717, 1.165) is 5.56 Å². The van der Waals surface area contributed by atoms with Gasteiger partial charge in [0.25, 0.3) is 0 Å². The monoisotopic (exact) mass is 247 g/mol. The summed E-state index contributed by atoms with van der Waals surface area (Å²) in [6.07, 6.45) is 1.62. The molecule has 5 heteroatoms. The third-order valence-corrected chi connectivity index (χ3v) is 2.56. The van der Waals surface area contributed by atoms with Crippen molar-refractivity contribution in [2.24, 2.45) is 11.8 Å². The molecule has 0 radical (unpaired) electrons. The average molecular weight is 247 g/mol. The molecule has 0 aliphatic heterocycles. The smallest absolute Gasteiger partial charge is 0.237 e. The molecule has 0 saturated carbocycles. The van der Waals surface area contributed by atoms with Crippen LogP contribution in [0.5, 0.6) is 5.88 Å². The Bertz CT molecular complexity index is 452. The van der Waals surface area contributed by atoms with Crippen molar-refractivity contribution in [3.05, 3.63) is 23.9 Å². The van der Waals surface area contributed by atoms with Crippen LogP contribution >= 0.6 is 0 Å². The lowest BCUT2D eigenvalue weighted by Gasteiger charge is -2.13. The Hall–Kier alpha value is -2.09. The maximum atomic E-state index is 11.8. The van der Waals surface area contributed by atoms with E-state index in [1.807, 2.05) is 19.9 Å². The molecule has 1 aromatic rings. The molecule has 5 nitrogen and oxygen atoms in total. The molecular weight excluding hydrogens is 230 g/mol. The van der Waals surface area contributed by atoms with Gasteiger partial charge in [-0.25, -0.2) is 4.98 Å². The van der Waals surface area contributed by atoms with E-state index in [2.05, 4.69) is 10.3 Å². The maximum absolute atomic E-state index is 11.8. The summed E-state index contributed by atoms with van der Waals surface area (Å²) in [4.78, 5) is 15.7. The Balaban J connectivity index is 2.59. The van der Waals surface area contributed by atoms with E-state index in [-0.39, 0.29) is 11.8 Å². The van der Waals surface area contributed by atoms with Crippen molar-refractivity contribution in [3.63, 3.8) is 0 Å². The molecule has 0 bridgehead atoms. The van der Waals surface area contributed by atoms with Crippen LogP contribution in [0.4, 0.5) is 0 Å². The second kappa shape index (κ2) is 6.60. The number of carbonyl (C=O) groups excluding carboxylic acids is 1. The van der Waals surface area contributed by atoms with Crippen molar-refractivity contribution < 1.29 is 9.53 Å². The van der Waals surface area contributed by atoms with E-state index in [1.165, 1.54) is 7.11 Å². The van der Waals surface area contributed by atoms with Crippen LogP contribution in [0.3, 0.4) is 0 Å². The Labute approximate surface area is 107 Å². The van der Waals surface area contributed by atoms with Crippen molar-refractivity contribution in [3.8, 4) is 11.9 Å². The number of methoxy groups -OCH3 is 1. The summed E-state index contributed by atoms with van der Waals surface area (Å²) >= 11 is 0. The largest absolute Gasteiger partial charge is 0.481 e. The number of ether oxygens (including phenoxy) is 1. The topological polar surface area (TPSA) is 75.0 Å². The minimum absolute atomic E-state index is 0.00183. The van der Waals surface area contributed by atoms with Gasteiger partial charge >= 0.3 is 0 Å². The standard InChI is InChI=1S/C13H17N3O2/c1-9(2)11(7-14)13(17)16-8-10-4-5-15-12(6-10)18-3/h4-6,9,11H,8H2,1-3H3,(H,16,17). The first kappa shape index (κ1) is 14.0. The molecule has 18 heavy (non-hydrogen) atoms. The summed E-state index contributed by atoms with van der Waals surface area (Å²) in [5, 5.41) is 11.6. The van der Waals surface area contributed by atoms with Crippen LogP contribution in [0.1, 0.15) is 19.4 Å². The molecule has 0 saturated heterocycles. The first-order chi connectivity index (χ1) is 8.58. The Morgan fingerprint density at radius 2 is 2.33 bits per heavy atom. The van der Waals surface area contributed by atoms with Gasteiger partial charge in [0, 0.05) is 18.8 Å². The van der Waals surface area contributed by atoms with Crippen LogP contribution < -0.4 is 10.1 Å². The zero-order valence-electron chi connectivity index (χ0n) is 10.8. The SMILES string of the molecule is COc1cc(CNC(=O)C(C#N)C(C)C)ccn1. The number of hydrogen-bond donors (Lipinski definition) is 1. The van der Waals surface area contributed by atoms with Gasteiger partial charge in [-0.05, 0) is 17.5 Å². The highest BCUT2D eigenvalue weighted by Gasteiger charge is 2.21. The maximum Gasteiger partial charge on any atom is 0.237 e. The molecule has 0 aliphatic carbocycles.